The van der Waals surface area contributed by atoms with Crippen molar-refractivity contribution in [1.82, 2.24) is 19.5 Å². The minimum absolute atomic E-state index is 0.211. The zero-order valence-corrected chi connectivity index (χ0v) is 17.0. The zero-order valence-electron chi connectivity index (χ0n) is 17.0. The molecule has 2 aromatic carbocycles. The van der Waals surface area contributed by atoms with Crippen LogP contribution in [0, 0.1) is 0 Å². The van der Waals surface area contributed by atoms with Gasteiger partial charge < -0.3 is 19.4 Å². The van der Waals surface area contributed by atoms with Crippen LogP contribution < -0.4 is 10.3 Å². The number of unbranched alkanes of at least 4 members (excludes halogenated alkanes) is 1. The fraction of sp³-hybridized carbons (Fsp3) is 0.217. The number of para-hydroxylation sites is 1. The Kier molecular flexibility index (Phi) is 5.79. The van der Waals surface area contributed by atoms with Crippen molar-refractivity contribution in [3.63, 3.8) is 0 Å². The number of aromatic nitrogens is 4. The second-order valence-corrected chi connectivity index (χ2v) is 7.18. The number of carboxylic acid groups (broad SMARTS) is 1. The third-order valence-corrected chi connectivity index (χ3v) is 5.07. The highest BCUT2D eigenvalue weighted by Crippen LogP contribution is 2.30. The topological polar surface area (TPSA) is 110 Å². The first-order valence-electron chi connectivity index (χ1n) is 10.1. The molecule has 0 bridgehead atoms. The van der Waals surface area contributed by atoms with Crippen LogP contribution in [0.2, 0.25) is 0 Å². The summed E-state index contributed by atoms with van der Waals surface area (Å²) >= 11 is 0. The normalized spacial score (nSPS) is 11.0. The van der Waals surface area contributed by atoms with E-state index in [1.165, 1.54) is 6.33 Å². The van der Waals surface area contributed by atoms with Crippen LogP contribution in [0.15, 0.2) is 59.7 Å². The Hall–Kier alpha value is -3.94. The Labute approximate surface area is 178 Å². The van der Waals surface area contributed by atoms with Gasteiger partial charge in [0.15, 0.2) is 11.2 Å². The Morgan fingerprint density at radius 3 is 2.68 bits per heavy atom. The van der Waals surface area contributed by atoms with Crippen LogP contribution in [-0.4, -0.2) is 30.8 Å². The molecule has 0 fully saturated rings. The fourth-order valence-corrected chi connectivity index (χ4v) is 3.58. The molecule has 0 unspecified atom stereocenters. The van der Waals surface area contributed by atoms with Crippen molar-refractivity contribution in [3.05, 3.63) is 76.6 Å². The summed E-state index contributed by atoms with van der Waals surface area (Å²) in [5.74, 6) is 1.12. The first-order chi connectivity index (χ1) is 15.1. The number of ether oxygens (including phenoxy) is 1. The smallest absolute Gasteiger partial charge is 0.449 e. The number of hydrogen-bond acceptors (Lipinski definition) is 5. The van der Waals surface area contributed by atoms with E-state index in [4.69, 9.17) is 9.84 Å². The number of aromatic amines is 1. The number of carbonyl (C=O) groups is 1. The van der Waals surface area contributed by atoms with Gasteiger partial charge in [-0.3, -0.25) is 4.79 Å². The highest BCUT2D eigenvalue weighted by atomic mass is 16.7. The van der Waals surface area contributed by atoms with Crippen molar-refractivity contribution >= 4 is 17.3 Å². The molecule has 8 nitrogen and oxygen atoms in total. The Balaban J connectivity index is 1.67. The molecule has 0 amide bonds. The first kappa shape index (κ1) is 20.3. The molecule has 0 saturated heterocycles. The number of imidazole rings is 1. The molecule has 0 atom stereocenters. The van der Waals surface area contributed by atoms with E-state index in [0.717, 1.165) is 36.2 Å². The number of nitrogens with one attached hydrogen (secondary N) is 1. The van der Waals surface area contributed by atoms with E-state index in [0.29, 0.717) is 23.3 Å². The largest absolute Gasteiger partial charge is 0.511 e. The van der Waals surface area contributed by atoms with Crippen LogP contribution >= 0.6 is 0 Å². The monoisotopic (exact) mass is 418 g/mol. The van der Waals surface area contributed by atoms with Gasteiger partial charge in [0.05, 0.1) is 6.33 Å². The van der Waals surface area contributed by atoms with Crippen LogP contribution in [0.1, 0.15) is 31.2 Å². The number of rotatable bonds is 7. The van der Waals surface area contributed by atoms with E-state index in [-0.39, 0.29) is 11.3 Å². The molecule has 2 N–H and O–H groups in total. The summed E-state index contributed by atoms with van der Waals surface area (Å²) in [7, 11) is 0. The molecule has 0 saturated carbocycles. The molecule has 4 aromatic rings. The average molecular weight is 418 g/mol. The molecule has 0 radical (unpaired) electrons. The van der Waals surface area contributed by atoms with Crippen molar-refractivity contribution in [2.24, 2.45) is 0 Å². The second kappa shape index (κ2) is 8.83. The van der Waals surface area contributed by atoms with Gasteiger partial charge in [-0.2, -0.15) is 0 Å². The fourth-order valence-electron chi connectivity index (χ4n) is 3.58. The summed E-state index contributed by atoms with van der Waals surface area (Å²) in [6.07, 6.45) is 2.79. The summed E-state index contributed by atoms with van der Waals surface area (Å²) in [6.45, 7) is 2.60. The summed E-state index contributed by atoms with van der Waals surface area (Å²) in [5, 5.41) is 8.96. The van der Waals surface area contributed by atoms with Crippen molar-refractivity contribution < 1.29 is 14.6 Å². The maximum atomic E-state index is 12.4. The quantitative estimate of drug-likeness (QED) is 0.343. The molecule has 0 spiro atoms. The molecule has 8 heteroatoms. The van der Waals surface area contributed by atoms with Crippen molar-refractivity contribution in [3.8, 4) is 16.9 Å². The Bertz CT molecular complexity index is 1270. The summed E-state index contributed by atoms with van der Waals surface area (Å²) < 4.78 is 6.81. The maximum absolute atomic E-state index is 12.4. The van der Waals surface area contributed by atoms with E-state index >= 15 is 0 Å². The molecule has 2 aromatic heterocycles. The lowest BCUT2D eigenvalue weighted by Crippen LogP contribution is -2.13. The minimum atomic E-state index is -1.35. The number of hydrogen-bond donors (Lipinski definition) is 2. The van der Waals surface area contributed by atoms with E-state index in [2.05, 4.69) is 21.9 Å². The third-order valence-electron chi connectivity index (χ3n) is 5.07. The van der Waals surface area contributed by atoms with E-state index in [1.54, 1.807) is 12.1 Å². The second-order valence-electron chi connectivity index (χ2n) is 7.18. The molecule has 0 aliphatic rings. The average Bonchev–Trinajstić information content (AvgIpc) is 3.11. The van der Waals surface area contributed by atoms with E-state index < -0.39 is 6.16 Å². The number of aryl methyl sites for hydroxylation is 1. The van der Waals surface area contributed by atoms with Crippen LogP contribution in [0.4, 0.5) is 4.79 Å². The molecule has 0 aliphatic carbocycles. The predicted molar refractivity (Wildman–Crippen MR) is 116 cm³/mol. The number of nitrogens with zero attached hydrogens (tertiary/aromatic N) is 3. The predicted octanol–water partition coefficient (Wildman–Crippen LogP) is 4.23. The molecule has 2 heterocycles. The molecule has 4 rings (SSSR count). The van der Waals surface area contributed by atoms with E-state index in [1.807, 2.05) is 41.0 Å². The molecule has 0 aliphatic heterocycles. The number of fused-ring (bicyclic) bond motifs is 1. The van der Waals surface area contributed by atoms with E-state index in [9.17, 15) is 9.59 Å². The lowest BCUT2D eigenvalue weighted by Gasteiger charge is -2.11. The standard InChI is InChI=1S/C23H22N4O4/c1-2-3-8-19-26-21-20(22(28)25-14-24-21)27(19)13-15-9-11-16(12-10-15)17-6-4-5-7-18(17)31-23(29)30/h4-7,9-12,14H,2-3,8,13H2,1H3,(H,29,30)(H,24,25,28). The van der Waals surface area contributed by atoms with Gasteiger partial charge in [-0.1, -0.05) is 55.8 Å². The highest BCUT2D eigenvalue weighted by Gasteiger charge is 2.15. The van der Waals surface area contributed by atoms with Gasteiger partial charge in [0, 0.05) is 18.5 Å². The van der Waals surface area contributed by atoms with Crippen LogP contribution in [-0.2, 0) is 13.0 Å². The number of H-pyrrole nitrogens is 1. The highest BCUT2D eigenvalue weighted by molar-refractivity contribution is 5.74. The van der Waals surface area contributed by atoms with Gasteiger partial charge in [0.25, 0.3) is 5.56 Å². The van der Waals surface area contributed by atoms with Gasteiger partial charge in [-0.25, -0.2) is 14.8 Å². The van der Waals surface area contributed by atoms with Crippen LogP contribution in [0.3, 0.4) is 0 Å². The molecule has 158 valence electrons. The molecule has 31 heavy (non-hydrogen) atoms. The molecular weight excluding hydrogens is 396 g/mol. The Morgan fingerprint density at radius 2 is 1.94 bits per heavy atom. The van der Waals surface area contributed by atoms with Gasteiger partial charge in [-0.05, 0) is 23.6 Å². The maximum Gasteiger partial charge on any atom is 0.511 e. The van der Waals surface area contributed by atoms with Gasteiger partial charge in [-0.15, -0.1) is 0 Å². The molecular formula is C23H22N4O4. The van der Waals surface area contributed by atoms with Gasteiger partial charge >= 0.3 is 6.16 Å². The summed E-state index contributed by atoms with van der Waals surface area (Å²) in [6, 6.07) is 14.7. The number of benzene rings is 2. The van der Waals surface area contributed by atoms with Crippen molar-refractivity contribution in [2.45, 2.75) is 32.7 Å². The van der Waals surface area contributed by atoms with Gasteiger partial charge in [0.1, 0.15) is 11.6 Å². The van der Waals surface area contributed by atoms with Crippen LogP contribution in [0.25, 0.3) is 22.3 Å². The van der Waals surface area contributed by atoms with Crippen LogP contribution in [0.5, 0.6) is 5.75 Å². The third kappa shape index (κ3) is 4.32. The first-order valence-corrected chi connectivity index (χ1v) is 10.1. The Morgan fingerprint density at radius 1 is 1.16 bits per heavy atom. The SMILES string of the molecule is CCCCc1nc2nc[nH]c(=O)c2n1Cc1ccc(-c2ccccc2OC(=O)O)cc1. The van der Waals surface area contributed by atoms with Gasteiger partial charge in [0.2, 0.25) is 0 Å². The van der Waals surface area contributed by atoms with Crippen molar-refractivity contribution in [2.75, 3.05) is 0 Å². The summed E-state index contributed by atoms with van der Waals surface area (Å²) in [5.41, 5.74) is 3.22. The summed E-state index contributed by atoms with van der Waals surface area (Å²) in [4.78, 5) is 34.8. The lowest BCUT2D eigenvalue weighted by atomic mass is 10.0. The van der Waals surface area contributed by atoms with Crippen molar-refractivity contribution in [1.29, 1.82) is 0 Å². The minimum Gasteiger partial charge on any atom is -0.449 e. The zero-order chi connectivity index (χ0) is 21.8. The lowest BCUT2D eigenvalue weighted by molar-refractivity contribution is 0.144.